The minimum absolute atomic E-state index is 0.104. The van der Waals surface area contributed by atoms with Gasteiger partial charge in [-0.05, 0) is 81.9 Å². The van der Waals surface area contributed by atoms with E-state index in [4.69, 9.17) is 4.74 Å². The van der Waals surface area contributed by atoms with E-state index in [1.54, 1.807) is 22.3 Å². The Balaban J connectivity index is 1.54. The maximum absolute atomic E-state index is 13.7. The fourth-order valence-electron chi connectivity index (χ4n) is 5.25. The van der Waals surface area contributed by atoms with Crippen LogP contribution in [0.25, 0.3) is 11.1 Å². The zero-order chi connectivity index (χ0) is 26.8. The maximum atomic E-state index is 13.7. The number of nitrogens with one attached hydrogen (secondary N) is 1. The number of nitrogens with zero attached hydrogens (tertiary/aromatic N) is 3. The zero-order valence-corrected chi connectivity index (χ0v) is 22.9. The molecule has 1 aromatic carbocycles. The van der Waals surface area contributed by atoms with Crippen molar-refractivity contribution in [1.82, 2.24) is 9.47 Å². The standard InChI is InChI=1S/C30H32N4O3S/c1-19-8-10-24(11-9-19)32-28(35)27-25-6-4-5-7-26(25)38-30(27)34-20(2)16-22(21(34)3)17-23(18-31)29(36)33-12-14-37-15-13-33/h8-11,16-17H,4-7,12-15H2,1-3H3,(H,32,35)/b23-17-. The summed E-state index contributed by atoms with van der Waals surface area (Å²) in [5.41, 5.74) is 6.54. The molecule has 1 saturated heterocycles. The van der Waals surface area contributed by atoms with E-state index < -0.39 is 0 Å². The third-order valence-electron chi connectivity index (χ3n) is 7.31. The molecule has 1 N–H and O–H groups in total. The van der Waals surface area contributed by atoms with E-state index in [1.807, 2.05) is 51.1 Å². The number of carbonyl (C=O) groups is 2. The first-order chi connectivity index (χ1) is 18.4. The molecule has 0 saturated carbocycles. The lowest BCUT2D eigenvalue weighted by molar-refractivity contribution is -0.130. The van der Waals surface area contributed by atoms with Gasteiger partial charge in [0, 0.05) is 35.0 Å². The van der Waals surface area contributed by atoms with Crippen LogP contribution in [0.4, 0.5) is 5.69 Å². The lowest BCUT2D eigenvalue weighted by Crippen LogP contribution is -2.41. The average Bonchev–Trinajstić information content (AvgIpc) is 3.44. The van der Waals surface area contributed by atoms with Crippen molar-refractivity contribution in [3.8, 4) is 11.1 Å². The van der Waals surface area contributed by atoms with E-state index in [0.717, 1.165) is 70.0 Å². The molecule has 7 nitrogen and oxygen atoms in total. The van der Waals surface area contributed by atoms with Gasteiger partial charge < -0.3 is 19.5 Å². The molecule has 1 fully saturated rings. The summed E-state index contributed by atoms with van der Waals surface area (Å²) in [4.78, 5) is 29.6. The van der Waals surface area contributed by atoms with E-state index in [1.165, 1.54) is 4.88 Å². The quantitative estimate of drug-likeness (QED) is 0.357. The van der Waals surface area contributed by atoms with Crippen LogP contribution < -0.4 is 5.32 Å². The smallest absolute Gasteiger partial charge is 0.264 e. The lowest BCUT2D eigenvalue weighted by Gasteiger charge is -2.26. The van der Waals surface area contributed by atoms with Gasteiger partial charge in [-0.2, -0.15) is 5.26 Å². The Kier molecular flexibility index (Phi) is 7.50. The number of amides is 2. The number of aryl methyl sites for hydroxylation is 3. The Hall–Kier alpha value is -3.67. The van der Waals surface area contributed by atoms with E-state index in [0.29, 0.717) is 26.3 Å². The number of rotatable bonds is 5. The highest BCUT2D eigenvalue weighted by Gasteiger charge is 2.28. The summed E-state index contributed by atoms with van der Waals surface area (Å²) in [6.45, 7) is 7.93. The van der Waals surface area contributed by atoms with Crippen LogP contribution in [0.5, 0.6) is 0 Å². The second-order valence-corrected chi connectivity index (χ2v) is 11.0. The Bertz CT molecular complexity index is 1450. The molecule has 0 spiro atoms. The fraction of sp³-hybridized carbons (Fsp3) is 0.367. The highest BCUT2D eigenvalue weighted by atomic mass is 32.1. The van der Waals surface area contributed by atoms with Crippen LogP contribution in [0.1, 0.15) is 56.2 Å². The van der Waals surface area contributed by atoms with Crippen molar-refractivity contribution in [2.75, 3.05) is 31.6 Å². The topological polar surface area (TPSA) is 87.4 Å². The fourth-order valence-corrected chi connectivity index (χ4v) is 6.75. The first kappa shape index (κ1) is 26.0. The number of anilines is 1. The highest BCUT2D eigenvalue weighted by Crippen LogP contribution is 2.39. The van der Waals surface area contributed by atoms with Crippen LogP contribution in [0.3, 0.4) is 0 Å². The highest BCUT2D eigenvalue weighted by molar-refractivity contribution is 7.15. The van der Waals surface area contributed by atoms with Crippen molar-refractivity contribution in [3.05, 3.63) is 74.4 Å². The maximum Gasteiger partial charge on any atom is 0.264 e. The summed E-state index contributed by atoms with van der Waals surface area (Å²) in [5.74, 6) is -0.376. The van der Waals surface area contributed by atoms with Gasteiger partial charge in [0.1, 0.15) is 16.6 Å². The molecule has 0 radical (unpaired) electrons. The molecule has 3 heterocycles. The van der Waals surface area contributed by atoms with Gasteiger partial charge in [0.15, 0.2) is 0 Å². The molecular formula is C30H32N4O3S. The third-order valence-corrected chi connectivity index (χ3v) is 8.59. The largest absolute Gasteiger partial charge is 0.378 e. The Morgan fingerprint density at radius 1 is 1.08 bits per heavy atom. The summed E-state index contributed by atoms with van der Waals surface area (Å²) in [6, 6.07) is 11.9. The molecule has 5 rings (SSSR count). The van der Waals surface area contributed by atoms with Gasteiger partial charge in [-0.3, -0.25) is 9.59 Å². The molecule has 1 aliphatic heterocycles. The van der Waals surface area contributed by atoms with Crippen molar-refractivity contribution in [2.45, 2.75) is 46.5 Å². The van der Waals surface area contributed by atoms with Crippen LogP contribution in [0.15, 0.2) is 35.9 Å². The van der Waals surface area contributed by atoms with Gasteiger partial charge in [0.25, 0.3) is 11.8 Å². The van der Waals surface area contributed by atoms with Crippen LogP contribution in [-0.2, 0) is 22.4 Å². The molecule has 196 valence electrons. The van der Waals surface area contributed by atoms with Crippen molar-refractivity contribution in [3.63, 3.8) is 0 Å². The Labute approximate surface area is 227 Å². The van der Waals surface area contributed by atoms with Gasteiger partial charge in [0.05, 0.1) is 18.8 Å². The third kappa shape index (κ3) is 5.04. The first-order valence-corrected chi connectivity index (χ1v) is 13.9. The van der Waals surface area contributed by atoms with Crippen molar-refractivity contribution in [1.29, 1.82) is 5.26 Å². The van der Waals surface area contributed by atoms with Crippen molar-refractivity contribution >= 4 is 34.9 Å². The SMILES string of the molecule is Cc1ccc(NC(=O)c2c(-n3c(C)cc(/C=C(/C#N)C(=O)N4CCOCC4)c3C)sc3c2CCCC3)cc1. The van der Waals surface area contributed by atoms with Gasteiger partial charge in [0.2, 0.25) is 0 Å². The number of ether oxygens (including phenoxy) is 1. The molecule has 0 unspecified atom stereocenters. The second kappa shape index (κ2) is 11.0. The van der Waals surface area contributed by atoms with Gasteiger partial charge in [-0.25, -0.2) is 0 Å². The number of morpholine rings is 1. The molecule has 0 bridgehead atoms. The molecule has 0 atom stereocenters. The number of hydrogen-bond acceptors (Lipinski definition) is 5. The van der Waals surface area contributed by atoms with Crippen molar-refractivity contribution in [2.24, 2.45) is 0 Å². The number of carbonyl (C=O) groups excluding carboxylic acids is 2. The molecule has 3 aromatic rings. The van der Waals surface area contributed by atoms with Gasteiger partial charge >= 0.3 is 0 Å². The molecule has 1 aliphatic carbocycles. The van der Waals surface area contributed by atoms with E-state index in [-0.39, 0.29) is 17.4 Å². The normalized spacial score (nSPS) is 15.6. The Morgan fingerprint density at radius 2 is 1.79 bits per heavy atom. The molecule has 2 amide bonds. The predicted molar refractivity (Wildman–Crippen MR) is 150 cm³/mol. The summed E-state index contributed by atoms with van der Waals surface area (Å²) >= 11 is 1.68. The van der Waals surface area contributed by atoms with Crippen LogP contribution in [0.2, 0.25) is 0 Å². The molecule has 38 heavy (non-hydrogen) atoms. The molecule has 2 aliphatic rings. The first-order valence-electron chi connectivity index (χ1n) is 13.1. The van der Waals surface area contributed by atoms with Gasteiger partial charge in [-0.15, -0.1) is 11.3 Å². The number of fused-ring (bicyclic) bond motifs is 1. The van der Waals surface area contributed by atoms with Crippen molar-refractivity contribution < 1.29 is 14.3 Å². The number of hydrogen-bond donors (Lipinski definition) is 1. The van der Waals surface area contributed by atoms with Crippen LogP contribution in [-0.4, -0.2) is 47.6 Å². The van der Waals surface area contributed by atoms with E-state index in [9.17, 15) is 14.9 Å². The van der Waals surface area contributed by atoms with Crippen LogP contribution in [0, 0.1) is 32.1 Å². The average molecular weight is 529 g/mol. The summed E-state index contributed by atoms with van der Waals surface area (Å²) in [6.07, 6.45) is 5.74. The number of benzene rings is 1. The minimum Gasteiger partial charge on any atom is -0.378 e. The summed E-state index contributed by atoms with van der Waals surface area (Å²) < 4.78 is 7.45. The van der Waals surface area contributed by atoms with E-state index in [2.05, 4.69) is 16.0 Å². The molecule has 8 heteroatoms. The van der Waals surface area contributed by atoms with E-state index >= 15 is 0 Å². The lowest BCUT2D eigenvalue weighted by atomic mass is 9.95. The van der Waals surface area contributed by atoms with Gasteiger partial charge in [-0.1, -0.05) is 17.7 Å². The molecule has 2 aromatic heterocycles. The predicted octanol–water partition coefficient (Wildman–Crippen LogP) is 5.36. The zero-order valence-electron chi connectivity index (χ0n) is 22.1. The minimum atomic E-state index is -0.273. The number of thiophene rings is 1. The summed E-state index contributed by atoms with van der Waals surface area (Å²) in [5, 5.41) is 13.8. The number of aromatic nitrogens is 1. The molecular weight excluding hydrogens is 496 g/mol. The summed E-state index contributed by atoms with van der Waals surface area (Å²) in [7, 11) is 0. The second-order valence-electron chi connectivity index (χ2n) is 9.95. The number of nitriles is 1. The monoisotopic (exact) mass is 528 g/mol. The Morgan fingerprint density at radius 3 is 2.50 bits per heavy atom. The van der Waals surface area contributed by atoms with Crippen LogP contribution >= 0.6 is 11.3 Å².